The minimum absolute atomic E-state index is 0.0420. The highest BCUT2D eigenvalue weighted by molar-refractivity contribution is 7.19. The molecule has 1 amide bonds. The lowest BCUT2D eigenvalue weighted by Crippen LogP contribution is -2.38. The summed E-state index contributed by atoms with van der Waals surface area (Å²) in [6.45, 7) is 7.44. The van der Waals surface area contributed by atoms with Gasteiger partial charge in [0.1, 0.15) is 17.1 Å². The van der Waals surface area contributed by atoms with Crippen LogP contribution in [0, 0.1) is 0 Å². The highest BCUT2D eigenvalue weighted by Gasteiger charge is 2.18. The van der Waals surface area contributed by atoms with Crippen LogP contribution in [0.15, 0.2) is 12.4 Å². The van der Waals surface area contributed by atoms with Crippen molar-refractivity contribution in [2.75, 3.05) is 0 Å². The van der Waals surface area contributed by atoms with Crippen LogP contribution in [0.1, 0.15) is 32.6 Å². The van der Waals surface area contributed by atoms with Crippen molar-refractivity contribution < 1.29 is 9.53 Å². The summed E-state index contributed by atoms with van der Waals surface area (Å²) in [5, 5.41) is 3.28. The van der Waals surface area contributed by atoms with E-state index in [1.807, 2.05) is 33.8 Å². The molecule has 7 heteroatoms. The average Bonchev–Trinajstić information content (AvgIpc) is 2.69. The zero-order chi connectivity index (χ0) is 15.6. The van der Waals surface area contributed by atoms with Gasteiger partial charge in [-0.25, -0.2) is 14.8 Å². The molecule has 21 heavy (non-hydrogen) atoms. The fraction of sp³-hybridized carbons (Fsp3) is 0.500. The quantitative estimate of drug-likeness (QED) is 0.871. The summed E-state index contributed by atoms with van der Waals surface area (Å²) in [6.07, 6.45) is 1.73. The number of hydrogen-bond donors (Lipinski definition) is 1. The number of hydrogen-bond acceptors (Lipinski definition) is 5. The topological polar surface area (TPSA) is 64.1 Å². The van der Waals surface area contributed by atoms with Crippen molar-refractivity contribution in [2.24, 2.45) is 0 Å². The molecule has 0 spiro atoms. The second-order valence-corrected chi connectivity index (χ2v) is 7.34. The number of halogens is 1. The van der Waals surface area contributed by atoms with Crippen molar-refractivity contribution >= 4 is 39.2 Å². The molecule has 2 aromatic rings. The highest BCUT2D eigenvalue weighted by Crippen LogP contribution is 2.29. The van der Waals surface area contributed by atoms with Gasteiger partial charge >= 0.3 is 6.09 Å². The summed E-state index contributed by atoms with van der Waals surface area (Å²) in [4.78, 5) is 21.0. The van der Waals surface area contributed by atoms with E-state index in [0.717, 1.165) is 15.1 Å². The molecule has 2 heterocycles. The first-order valence-corrected chi connectivity index (χ1v) is 7.82. The van der Waals surface area contributed by atoms with Gasteiger partial charge in [0.25, 0.3) is 0 Å². The van der Waals surface area contributed by atoms with Gasteiger partial charge in [-0.2, -0.15) is 0 Å². The third-order valence-corrected chi connectivity index (χ3v) is 4.14. The molecular formula is C14H18ClN3O2S. The first-order valence-electron chi connectivity index (χ1n) is 6.63. The number of aromatic nitrogens is 2. The Morgan fingerprint density at radius 3 is 2.81 bits per heavy atom. The monoisotopic (exact) mass is 327 g/mol. The normalized spacial score (nSPS) is 13.2. The highest BCUT2D eigenvalue weighted by atomic mass is 35.5. The number of amides is 1. The Balaban J connectivity index is 2.00. The van der Waals surface area contributed by atoms with Crippen molar-refractivity contribution in [3.63, 3.8) is 0 Å². The van der Waals surface area contributed by atoms with E-state index in [-0.39, 0.29) is 6.04 Å². The van der Waals surface area contributed by atoms with Crippen LogP contribution in [0.5, 0.6) is 0 Å². The summed E-state index contributed by atoms with van der Waals surface area (Å²) >= 11 is 7.58. The van der Waals surface area contributed by atoms with Crippen LogP contribution in [0.3, 0.4) is 0 Å². The molecule has 0 aliphatic rings. The fourth-order valence-corrected chi connectivity index (χ4v) is 3.21. The lowest BCUT2D eigenvalue weighted by Gasteiger charge is -2.21. The predicted octanol–water partition coefficient (Wildman–Crippen LogP) is 3.80. The third kappa shape index (κ3) is 4.54. The number of carbonyl (C=O) groups is 1. The van der Waals surface area contributed by atoms with Crippen molar-refractivity contribution in [3.8, 4) is 0 Å². The lowest BCUT2D eigenvalue weighted by atomic mass is 10.2. The van der Waals surface area contributed by atoms with E-state index in [2.05, 4.69) is 15.3 Å². The van der Waals surface area contributed by atoms with E-state index in [4.69, 9.17) is 16.3 Å². The smallest absolute Gasteiger partial charge is 0.407 e. The van der Waals surface area contributed by atoms with E-state index in [0.29, 0.717) is 11.6 Å². The van der Waals surface area contributed by atoms with Crippen molar-refractivity contribution in [3.05, 3.63) is 22.4 Å². The molecule has 5 nitrogen and oxygen atoms in total. The van der Waals surface area contributed by atoms with Gasteiger partial charge in [-0.15, -0.1) is 11.3 Å². The Kier molecular flexibility index (Phi) is 4.68. The number of nitrogens with one attached hydrogen (secondary N) is 1. The molecular weight excluding hydrogens is 310 g/mol. The molecule has 0 fully saturated rings. The number of nitrogens with zero attached hydrogens (tertiary/aromatic N) is 2. The number of rotatable bonds is 3. The molecule has 2 aromatic heterocycles. The van der Waals surface area contributed by atoms with E-state index < -0.39 is 11.7 Å². The van der Waals surface area contributed by atoms with Crippen molar-refractivity contribution in [2.45, 2.75) is 45.8 Å². The molecule has 114 valence electrons. The second-order valence-electron chi connectivity index (χ2n) is 5.84. The summed E-state index contributed by atoms with van der Waals surface area (Å²) in [5.74, 6) is 0. The van der Waals surface area contributed by atoms with Gasteiger partial charge in [-0.3, -0.25) is 0 Å². The summed E-state index contributed by atoms with van der Waals surface area (Å²) in [7, 11) is 0. The molecule has 0 aliphatic carbocycles. The minimum Gasteiger partial charge on any atom is -0.444 e. The third-order valence-electron chi connectivity index (χ3n) is 2.59. The lowest BCUT2D eigenvalue weighted by molar-refractivity contribution is 0.0509. The number of thiophene rings is 1. The summed E-state index contributed by atoms with van der Waals surface area (Å²) < 4.78 is 6.11. The Bertz CT molecular complexity index is 651. The van der Waals surface area contributed by atoms with E-state index in [1.165, 1.54) is 6.33 Å². The van der Waals surface area contributed by atoms with Crippen LogP contribution in [-0.2, 0) is 11.2 Å². The molecule has 1 N–H and O–H groups in total. The van der Waals surface area contributed by atoms with E-state index >= 15 is 0 Å². The standard InChI is InChI=1S/C14H18ClN3O2S/c1-8(18-13(19)20-14(2,3)4)5-9-6-10-11(21-9)12(15)17-7-16-10/h6-8H,5H2,1-4H3,(H,18,19). The van der Waals surface area contributed by atoms with Crippen LogP contribution in [0.25, 0.3) is 10.2 Å². The molecule has 0 saturated carbocycles. The van der Waals surface area contributed by atoms with Gasteiger partial charge in [-0.1, -0.05) is 11.6 Å². The summed E-state index contributed by atoms with van der Waals surface area (Å²) in [5.41, 5.74) is 0.337. The van der Waals surface area contributed by atoms with E-state index in [9.17, 15) is 4.79 Å². The minimum atomic E-state index is -0.496. The van der Waals surface area contributed by atoms with Crippen molar-refractivity contribution in [1.82, 2.24) is 15.3 Å². The zero-order valence-corrected chi connectivity index (χ0v) is 14.0. The number of ether oxygens (including phenoxy) is 1. The SMILES string of the molecule is CC(Cc1cc2ncnc(Cl)c2s1)NC(=O)OC(C)(C)C. The van der Waals surface area contributed by atoms with Crippen molar-refractivity contribution in [1.29, 1.82) is 0 Å². The Labute approximate surface area is 132 Å². The van der Waals surface area contributed by atoms with E-state index in [1.54, 1.807) is 11.3 Å². The first kappa shape index (κ1) is 16.0. The number of fused-ring (bicyclic) bond motifs is 1. The Hall–Kier alpha value is -1.40. The average molecular weight is 328 g/mol. The molecule has 2 rings (SSSR count). The van der Waals surface area contributed by atoms with Crippen LogP contribution >= 0.6 is 22.9 Å². The molecule has 1 unspecified atom stereocenters. The fourth-order valence-electron chi connectivity index (χ4n) is 1.84. The molecule has 0 radical (unpaired) electrons. The van der Waals surface area contributed by atoms with Crippen LogP contribution in [0.2, 0.25) is 5.15 Å². The zero-order valence-electron chi connectivity index (χ0n) is 12.4. The van der Waals surface area contributed by atoms with Gasteiger partial charge in [0.15, 0.2) is 0 Å². The van der Waals surface area contributed by atoms with Crippen LogP contribution in [-0.4, -0.2) is 27.7 Å². The first-order chi connectivity index (χ1) is 9.74. The predicted molar refractivity (Wildman–Crippen MR) is 85.0 cm³/mol. The van der Waals surface area contributed by atoms with Gasteiger partial charge in [0, 0.05) is 17.3 Å². The van der Waals surface area contributed by atoms with Gasteiger partial charge in [0.05, 0.1) is 10.2 Å². The Morgan fingerprint density at radius 2 is 2.19 bits per heavy atom. The molecule has 0 bridgehead atoms. The van der Waals surface area contributed by atoms with Gasteiger partial charge in [0.2, 0.25) is 0 Å². The van der Waals surface area contributed by atoms with Crippen LogP contribution < -0.4 is 5.32 Å². The van der Waals surface area contributed by atoms with Gasteiger partial charge in [-0.05, 0) is 33.8 Å². The number of alkyl carbamates (subject to hydrolysis) is 1. The molecule has 0 aliphatic heterocycles. The maximum absolute atomic E-state index is 11.7. The van der Waals surface area contributed by atoms with Gasteiger partial charge < -0.3 is 10.1 Å². The maximum Gasteiger partial charge on any atom is 0.407 e. The molecule has 0 aromatic carbocycles. The summed E-state index contributed by atoms with van der Waals surface area (Å²) in [6, 6.07) is 1.93. The Morgan fingerprint density at radius 1 is 1.48 bits per heavy atom. The second kappa shape index (κ2) is 6.15. The molecule has 0 saturated heterocycles. The number of carbonyl (C=O) groups excluding carboxylic acids is 1. The maximum atomic E-state index is 11.7. The molecule has 1 atom stereocenters. The van der Waals surface area contributed by atoms with Crippen LogP contribution in [0.4, 0.5) is 4.79 Å². The largest absolute Gasteiger partial charge is 0.444 e.